The first-order valence-electron chi connectivity index (χ1n) is 3.29. The first-order chi connectivity index (χ1) is 5.58. The molecule has 0 aliphatic heterocycles. The topological polar surface area (TPSA) is 91.2 Å². The molecule has 0 fully saturated rings. The maximum absolute atomic E-state index is 10.3. The van der Waals surface area contributed by atoms with E-state index in [-0.39, 0.29) is 5.88 Å². The summed E-state index contributed by atoms with van der Waals surface area (Å²) in [6.45, 7) is 1.81. The SMILES string of the molecule is Cc1cc(N)nc(OC(N)=O)c1. The van der Waals surface area contributed by atoms with Gasteiger partial charge in [-0.2, -0.15) is 4.98 Å². The van der Waals surface area contributed by atoms with Gasteiger partial charge >= 0.3 is 6.09 Å². The molecule has 0 unspecified atom stereocenters. The number of nitrogens with zero attached hydrogens (tertiary/aromatic N) is 1. The van der Waals surface area contributed by atoms with Gasteiger partial charge in [0.25, 0.3) is 0 Å². The predicted octanol–water partition coefficient (Wildman–Crippen LogP) is 0.430. The smallest absolute Gasteiger partial charge is 0.391 e. The van der Waals surface area contributed by atoms with Crippen LogP contribution in [0.2, 0.25) is 0 Å². The van der Waals surface area contributed by atoms with E-state index in [4.69, 9.17) is 11.5 Å². The van der Waals surface area contributed by atoms with Crippen LogP contribution >= 0.6 is 0 Å². The van der Waals surface area contributed by atoms with Crippen LogP contribution in [0.1, 0.15) is 5.56 Å². The number of carbonyl (C=O) groups is 1. The Morgan fingerprint density at radius 2 is 2.25 bits per heavy atom. The molecule has 0 bridgehead atoms. The fraction of sp³-hybridized carbons (Fsp3) is 0.143. The minimum atomic E-state index is -0.896. The molecule has 1 aromatic heterocycles. The van der Waals surface area contributed by atoms with Gasteiger partial charge in [0, 0.05) is 6.07 Å². The van der Waals surface area contributed by atoms with Crippen LogP contribution in [-0.4, -0.2) is 11.1 Å². The highest BCUT2D eigenvalue weighted by atomic mass is 16.6. The van der Waals surface area contributed by atoms with E-state index in [1.165, 1.54) is 0 Å². The van der Waals surface area contributed by atoms with Gasteiger partial charge in [0.15, 0.2) is 0 Å². The normalized spacial score (nSPS) is 9.42. The molecule has 0 atom stereocenters. The Morgan fingerprint density at radius 3 is 2.75 bits per heavy atom. The molecule has 0 aromatic carbocycles. The van der Waals surface area contributed by atoms with Gasteiger partial charge in [0.05, 0.1) is 0 Å². The Labute approximate surface area is 69.3 Å². The Bertz CT molecular complexity index is 291. The minimum Gasteiger partial charge on any atom is -0.391 e. The molecule has 1 amide bonds. The second kappa shape index (κ2) is 3.08. The van der Waals surface area contributed by atoms with Gasteiger partial charge in [-0.3, -0.25) is 0 Å². The Balaban J connectivity index is 2.93. The number of pyridine rings is 1. The van der Waals surface area contributed by atoms with E-state index >= 15 is 0 Å². The number of ether oxygens (including phenoxy) is 1. The zero-order valence-corrected chi connectivity index (χ0v) is 6.57. The first-order valence-corrected chi connectivity index (χ1v) is 3.29. The summed E-state index contributed by atoms with van der Waals surface area (Å²) in [6, 6.07) is 3.23. The Kier molecular flexibility index (Phi) is 2.14. The zero-order valence-electron chi connectivity index (χ0n) is 6.57. The molecule has 0 aliphatic carbocycles. The van der Waals surface area contributed by atoms with E-state index in [9.17, 15) is 4.79 Å². The summed E-state index contributed by atoms with van der Waals surface area (Å²) in [5.74, 6) is 0.422. The van der Waals surface area contributed by atoms with Crippen molar-refractivity contribution in [1.29, 1.82) is 0 Å². The summed E-state index contributed by atoms with van der Waals surface area (Å²) in [7, 11) is 0. The van der Waals surface area contributed by atoms with Crippen molar-refractivity contribution in [3.05, 3.63) is 17.7 Å². The molecule has 5 heteroatoms. The lowest BCUT2D eigenvalue weighted by atomic mass is 10.3. The summed E-state index contributed by atoms with van der Waals surface area (Å²) in [5.41, 5.74) is 11.0. The van der Waals surface area contributed by atoms with Crippen LogP contribution in [0.15, 0.2) is 12.1 Å². The molecule has 1 heterocycles. The number of aryl methyl sites for hydroxylation is 1. The van der Waals surface area contributed by atoms with Crippen molar-refractivity contribution < 1.29 is 9.53 Å². The quantitative estimate of drug-likeness (QED) is 0.634. The monoisotopic (exact) mass is 167 g/mol. The summed E-state index contributed by atoms with van der Waals surface area (Å²) in [5, 5.41) is 0. The van der Waals surface area contributed by atoms with Gasteiger partial charge in [-0.1, -0.05) is 0 Å². The maximum Gasteiger partial charge on any atom is 0.411 e. The van der Waals surface area contributed by atoms with Gasteiger partial charge < -0.3 is 16.2 Å². The molecule has 4 N–H and O–H groups in total. The summed E-state index contributed by atoms with van der Waals surface area (Å²) >= 11 is 0. The average Bonchev–Trinajstić information content (AvgIpc) is 1.81. The van der Waals surface area contributed by atoms with Crippen molar-refractivity contribution in [2.75, 3.05) is 5.73 Å². The van der Waals surface area contributed by atoms with Crippen LogP contribution in [0.25, 0.3) is 0 Å². The van der Waals surface area contributed by atoms with Crippen LogP contribution in [0.4, 0.5) is 10.6 Å². The number of hydrogen-bond donors (Lipinski definition) is 2. The molecular weight excluding hydrogens is 158 g/mol. The summed E-state index contributed by atoms with van der Waals surface area (Å²) in [6.07, 6.45) is -0.896. The van der Waals surface area contributed by atoms with Gasteiger partial charge in [-0.05, 0) is 18.6 Å². The van der Waals surface area contributed by atoms with E-state index in [1.54, 1.807) is 12.1 Å². The maximum atomic E-state index is 10.3. The number of hydrogen-bond acceptors (Lipinski definition) is 4. The van der Waals surface area contributed by atoms with Crippen molar-refractivity contribution in [3.8, 4) is 5.88 Å². The number of amides is 1. The lowest BCUT2D eigenvalue weighted by Crippen LogP contribution is -2.17. The molecule has 12 heavy (non-hydrogen) atoms. The van der Waals surface area contributed by atoms with Crippen molar-refractivity contribution in [2.24, 2.45) is 5.73 Å². The van der Waals surface area contributed by atoms with Crippen LogP contribution in [0.5, 0.6) is 5.88 Å². The third kappa shape index (κ3) is 2.12. The molecule has 0 spiro atoms. The summed E-state index contributed by atoms with van der Waals surface area (Å²) < 4.78 is 4.52. The van der Waals surface area contributed by atoms with Gasteiger partial charge in [0.1, 0.15) is 5.82 Å². The Morgan fingerprint density at radius 1 is 1.58 bits per heavy atom. The number of primary amides is 1. The van der Waals surface area contributed by atoms with E-state index in [0.29, 0.717) is 5.82 Å². The van der Waals surface area contributed by atoms with Crippen LogP contribution in [0.3, 0.4) is 0 Å². The molecule has 0 radical (unpaired) electrons. The van der Waals surface area contributed by atoms with Gasteiger partial charge in [-0.15, -0.1) is 0 Å². The second-order valence-corrected chi connectivity index (χ2v) is 2.33. The third-order valence-corrected chi connectivity index (χ3v) is 1.17. The number of rotatable bonds is 1. The number of nitrogens with two attached hydrogens (primary N) is 2. The number of nitrogen functional groups attached to an aromatic ring is 1. The summed E-state index contributed by atoms with van der Waals surface area (Å²) in [4.78, 5) is 14.0. The number of aromatic nitrogens is 1. The molecule has 0 saturated heterocycles. The fourth-order valence-electron chi connectivity index (χ4n) is 0.817. The number of carbonyl (C=O) groups excluding carboxylic acids is 1. The van der Waals surface area contributed by atoms with Crippen LogP contribution in [0, 0.1) is 6.92 Å². The lowest BCUT2D eigenvalue weighted by molar-refractivity contribution is 0.209. The van der Waals surface area contributed by atoms with Crippen LogP contribution in [-0.2, 0) is 0 Å². The molecule has 1 aromatic rings. The van der Waals surface area contributed by atoms with Gasteiger partial charge in [-0.25, -0.2) is 4.79 Å². The molecule has 0 aliphatic rings. The van der Waals surface area contributed by atoms with E-state index in [1.807, 2.05) is 6.92 Å². The molecule has 64 valence electrons. The van der Waals surface area contributed by atoms with E-state index in [0.717, 1.165) is 5.56 Å². The van der Waals surface area contributed by atoms with E-state index in [2.05, 4.69) is 9.72 Å². The van der Waals surface area contributed by atoms with Crippen molar-refractivity contribution >= 4 is 11.9 Å². The highest BCUT2D eigenvalue weighted by Crippen LogP contribution is 2.12. The predicted molar refractivity (Wildman–Crippen MR) is 43.6 cm³/mol. The molecule has 0 saturated carbocycles. The third-order valence-electron chi connectivity index (χ3n) is 1.17. The highest BCUT2D eigenvalue weighted by Gasteiger charge is 2.01. The molecule has 1 rings (SSSR count). The Hall–Kier alpha value is -1.78. The lowest BCUT2D eigenvalue weighted by Gasteiger charge is -2.01. The largest absolute Gasteiger partial charge is 0.411 e. The van der Waals surface area contributed by atoms with Gasteiger partial charge in [0.2, 0.25) is 5.88 Å². The minimum absolute atomic E-state index is 0.125. The standard InChI is InChI=1S/C7H9N3O2/c1-4-2-5(8)10-6(3-4)12-7(9)11/h2-3H,1H3,(H2,8,10)(H2,9,11). The van der Waals surface area contributed by atoms with Crippen molar-refractivity contribution in [2.45, 2.75) is 6.92 Å². The number of anilines is 1. The van der Waals surface area contributed by atoms with Crippen molar-refractivity contribution in [3.63, 3.8) is 0 Å². The second-order valence-electron chi connectivity index (χ2n) is 2.33. The van der Waals surface area contributed by atoms with Crippen molar-refractivity contribution in [1.82, 2.24) is 4.98 Å². The van der Waals surface area contributed by atoms with E-state index < -0.39 is 6.09 Å². The highest BCUT2D eigenvalue weighted by molar-refractivity contribution is 5.67. The van der Waals surface area contributed by atoms with Crippen LogP contribution < -0.4 is 16.2 Å². The molecular formula is C7H9N3O2. The fourth-order valence-corrected chi connectivity index (χ4v) is 0.817. The first kappa shape index (κ1) is 8.32. The zero-order chi connectivity index (χ0) is 9.14. The average molecular weight is 167 g/mol. The molecule has 5 nitrogen and oxygen atoms in total.